The average Bonchev–Trinajstić information content (AvgIpc) is 3.01. The van der Waals surface area contributed by atoms with Crippen LogP contribution in [0.3, 0.4) is 0 Å². The molecule has 0 unspecified atom stereocenters. The van der Waals surface area contributed by atoms with Crippen LogP contribution in [0.4, 0.5) is 0 Å². The second-order valence-electron chi connectivity index (χ2n) is 6.79. The minimum absolute atomic E-state index is 0.0347. The normalized spacial score (nSPS) is 13.0. The zero-order chi connectivity index (χ0) is 18.7. The van der Waals surface area contributed by atoms with Gasteiger partial charge < -0.3 is 4.74 Å². The van der Waals surface area contributed by atoms with E-state index in [2.05, 4.69) is 4.98 Å². The molecule has 0 spiro atoms. The number of nitrogens with zero attached hydrogens (tertiary/aromatic N) is 2. The average molecular weight is 356 g/mol. The molecule has 0 saturated heterocycles. The van der Waals surface area contributed by atoms with Crippen molar-refractivity contribution in [3.8, 4) is 5.75 Å². The topological polar surface area (TPSA) is 60.7 Å². The van der Waals surface area contributed by atoms with Gasteiger partial charge in [0.05, 0.1) is 16.6 Å². The molecule has 27 heavy (non-hydrogen) atoms. The third kappa shape index (κ3) is 2.15. The summed E-state index contributed by atoms with van der Waals surface area (Å²) in [6.07, 6.45) is 1.24. The fourth-order valence-electron chi connectivity index (χ4n) is 3.71. The van der Waals surface area contributed by atoms with E-state index < -0.39 is 6.10 Å². The minimum atomic E-state index is -0.519. The second-order valence-corrected chi connectivity index (χ2v) is 6.79. The highest BCUT2D eigenvalue weighted by Gasteiger charge is 2.18. The van der Waals surface area contributed by atoms with Crippen molar-refractivity contribution in [1.29, 1.82) is 0 Å². The Balaban J connectivity index is 1.92. The maximum Gasteiger partial charge on any atom is 0.263 e. The molecule has 5 nitrogen and oxygen atoms in total. The molecule has 5 heteroatoms. The molecule has 0 saturated carbocycles. The van der Waals surface area contributed by atoms with Crippen LogP contribution in [0, 0.1) is 0 Å². The summed E-state index contributed by atoms with van der Waals surface area (Å²) >= 11 is 0. The first-order valence-corrected chi connectivity index (χ1v) is 8.80. The molecule has 0 fully saturated rings. The highest BCUT2D eigenvalue weighted by atomic mass is 16.5. The third-order valence-electron chi connectivity index (χ3n) is 5.15. The SMILES string of the molecule is CC(=O)[C@@H](C)Oc1ccc2c(c1)c1ccnc3c4ccccc4c(=O)n2c13. The fourth-order valence-corrected chi connectivity index (χ4v) is 3.71. The molecule has 0 aliphatic carbocycles. The molecule has 5 aromatic rings. The number of hydrogen-bond acceptors (Lipinski definition) is 4. The lowest BCUT2D eigenvalue weighted by atomic mass is 10.1. The Bertz CT molecular complexity index is 1420. The van der Waals surface area contributed by atoms with Crippen molar-refractivity contribution < 1.29 is 9.53 Å². The third-order valence-corrected chi connectivity index (χ3v) is 5.15. The molecule has 5 rings (SSSR count). The van der Waals surface area contributed by atoms with Crippen LogP contribution in [-0.4, -0.2) is 21.3 Å². The highest BCUT2D eigenvalue weighted by molar-refractivity contribution is 6.18. The van der Waals surface area contributed by atoms with Gasteiger partial charge in [0.2, 0.25) is 0 Å². The Hall–Kier alpha value is -3.47. The number of benzene rings is 2. The van der Waals surface area contributed by atoms with Gasteiger partial charge in [-0.05, 0) is 44.2 Å². The summed E-state index contributed by atoms with van der Waals surface area (Å²) in [7, 11) is 0. The first-order valence-electron chi connectivity index (χ1n) is 8.80. The summed E-state index contributed by atoms with van der Waals surface area (Å²) in [5.74, 6) is 0.569. The van der Waals surface area contributed by atoms with E-state index in [1.807, 2.05) is 42.5 Å². The molecule has 3 heterocycles. The number of carbonyl (C=O) groups is 1. The van der Waals surface area contributed by atoms with E-state index in [9.17, 15) is 9.59 Å². The fraction of sp³-hybridized carbons (Fsp3) is 0.136. The standard InChI is InChI=1S/C22H16N2O3/c1-12(25)13(2)27-14-7-8-19-18(11-14)16-9-10-23-20-15-5-3-4-6-17(15)22(26)24(19)21(16)20/h3-11,13H,1-2H3/t13-/m1/s1. The number of rotatable bonds is 3. The molecular weight excluding hydrogens is 340 g/mol. The predicted molar refractivity (Wildman–Crippen MR) is 106 cm³/mol. The summed E-state index contributed by atoms with van der Waals surface area (Å²) in [4.78, 5) is 29.2. The van der Waals surface area contributed by atoms with Crippen molar-refractivity contribution in [2.75, 3.05) is 0 Å². The van der Waals surface area contributed by atoms with Crippen molar-refractivity contribution in [3.63, 3.8) is 0 Å². The van der Waals surface area contributed by atoms with Crippen molar-refractivity contribution >= 4 is 43.9 Å². The van der Waals surface area contributed by atoms with Gasteiger partial charge >= 0.3 is 0 Å². The largest absolute Gasteiger partial charge is 0.483 e. The Labute approximate surface area is 154 Å². The number of ketones is 1. The van der Waals surface area contributed by atoms with Crippen molar-refractivity contribution in [1.82, 2.24) is 9.38 Å². The molecule has 0 aliphatic rings. The monoisotopic (exact) mass is 356 g/mol. The molecule has 0 radical (unpaired) electrons. The zero-order valence-electron chi connectivity index (χ0n) is 14.9. The van der Waals surface area contributed by atoms with Gasteiger partial charge in [0.1, 0.15) is 5.75 Å². The smallest absolute Gasteiger partial charge is 0.263 e. The van der Waals surface area contributed by atoms with E-state index in [1.165, 1.54) is 6.92 Å². The van der Waals surface area contributed by atoms with Gasteiger partial charge in [-0.3, -0.25) is 19.0 Å². The van der Waals surface area contributed by atoms with Crippen LogP contribution < -0.4 is 10.3 Å². The molecule has 3 aromatic heterocycles. The summed E-state index contributed by atoms with van der Waals surface area (Å²) in [6.45, 7) is 3.23. The molecule has 0 N–H and O–H groups in total. The maximum absolute atomic E-state index is 13.2. The number of ether oxygens (including phenoxy) is 1. The first-order chi connectivity index (χ1) is 13.1. The summed E-state index contributed by atoms with van der Waals surface area (Å²) in [6, 6.07) is 15.0. The van der Waals surface area contributed by atoms with Gasteiger partial charge in [-0.15, -0.1) is 0 Å². The van der Waals surface area contributed by atoms with E-state index in [-0.39, 0.29) is 11.3 Å². The molecule has 2 aromatic carbocycles. The van der Waals surface area contributed by atoms with Gasteiger partial charge in [0, 0.05) is 27.7 Å². The van der Waals surface area contributed by atoms with Crippen LogP contribution in [-0.2, 0) is 4.79 Å². The maximum atomic E-state index is 13.2. The second kappa shape index (κ2) is 5.51. The molecule has 1 atom stereocenters. The molecule has 0 bridgehead atoms. The van der Waals surface area contributed by atoms with Crippen LogP contribution in [0.2, 0.25) is 0 Å². The highest BCUT2D eigenvalue weighted by Crippen LogP contribution is 2.34. The molecule has 0 aliphatic heterocycles. The number of aromatic nitrogens is 2. The minimum Gasteiger partial charge on any atom is -0.483 e. The Morgan fingerprint density at radius 2 is 1.81 bits per heavy atom. The van der Waals surface area contributed by atoms with Crippen molar-refractivity contribution in [3.05, 3.63) is 65.1 Å². The quantitative estimate of drug-likeness (QED) is 0.459. The number of pyridine rings is 2. The van der Waals surface area contributed by atoms with Crippen molar-refractivity contribution in [2.24, 2.45) is 0 Å². The summed E-state index contributed by atoms with van der Waals surface area (Å²) < 4.78 is 7.48. The Morgan fingerprint density at radius 3 is 2.59 bits per heavy atom. The van der Waals surface area contributed by atoms with Gasteiger partial charge in [0.25, 0.3) is 5.56 Å². The van der Waals surface area contributed by atoms with Crippen LogP contribution in [0.5, 0.6) is 5.75 Å². The van der Waals surface area contributed by atoms with E-state index in [1.54, 1.807) is 23.6 Å². The van der Waals surface area contributed by atoms with Crippen molar-refractivity contribution in [2.45, 2.75) is 20.0 Å². The van der Waals surface area contributed by atoms with Crippen LogP contribution >= 0.6 is 0 Å². The molecule has 0 amide bonds. The summed E-state index contributed by atoms with van der Waals surface area (Å²) in [5, 5.41) is 3.35. The lowest BCUT2D eigenvalue weighted by Gasteiger charge is -2.11. The van der Waals surface area contributed by atoms with E-state index in [0.29, 0.717) is 11.1 Å². The Kier molecular flexibility index (Phi) is 3.22. The van der Waals surface area contributed by atoms with Gasteiger partial charge in [-0.1, -0.05) is 18.2 Å². The number of Topliss-reactive ketones (excluding diaryl/α,β-unsaturated/α-hetero) is 1. The lowest BCUT2D eigenvalue weighted by molar-refractivity contribution is -0.122. The van der Waals surface area contributed by atoms with Gasteiger partial charge in [-0.25, -0.2) is 0 Å². The predicted octanol–water partition coefficient (Wildman–Crippen LogP) is 3.95. The van der Waals surface area contributed by atoms with E-state index >= 15 is 0 Å². The van der Waals surface area contributed by atoms with Crippen LogP contribution in [0.1, 0.15) is 13.8 Å². The zero-order valence-corrected chi connectivity index (χ0v) is 14.9. The van der Waals surface area contributed by atoms with Gasteiger partial charge in [-0.2, -0.15) is 0 Å². The van der Waals surface area contributed by atoms with Gasteiger partial charge in [0.15, 0.2) is 11.9 Å². The number of fused-ring (bicyclic) bond motifs is 5. The molecule has 132 valence electrons. The number of carbonyl (C=O) groups excluding carboxylic acids is 1. The Morgan fingerprint density at radius 1 is 1.04 bits per heavy atom. The van der Waals surface area contributed by atoms with E-state index in [4.69, 9.17) is 4.74 Å². The summed E-state index contributed by atoms with van der Waals surface area (Å²) in [5.41, 5.74) is 2.37. The first kappa shape index (κ1) is 15.8. The molecular formula is C22H16N2O3. The van der Waals surface area contributed by atoms with E-state index in [0.717, 1.165) is 32.7 Å². The van der Waals surface area contributed by atoms with Crippen LogP contribution in [0.25, 0.3) is 38.1 Å². The lowest BCUT2D eigenvalue weighted by Crippen LogP contribution is -2.20. The number of hydrogen-bond donors (Lipinski definition) is 0. The van der Waals surface area contributed by atoms with Crippen LogP contribution in [0.15, 0.2) is 59.5 Å².